The second-order valence-electron chi connectivity index (χ2n) is 4.61. The Morgan fingerprint density at radius 2 is 2.00 bits per heavy atom. The van der Waals surface area contributed by atoms with Crippen molar-refractivity contribution in [2.24, 2.45) is 0 Å². The highest BCUT2D eigenvalue weighted by atomic mass is 79.9. The number of nitrogen functional groups attached to an aromatic ring is 1. The molecule has 5 heteroatoms. The quantitative estimate of drug-likeness (QED) is 0.782. The van der Waals surface area contributed by atoms with Crippen molar-refractivity contribution in [3.63, 3.8) is 0 Å². The molecule has 20 heavy (non-hydrogen) atoms. The summed E-state index contributed by atoms with van der Waals surface area (Å²) in [5.41, 5.74) is 9.83. The van der Waals surface area contributed by atoms with Crippen LogP contribution < -0.4 is 5.73 Å². The van der Waals surface area contributed by atoms with Crippen molar-refractivity contribution in [2.45, 2.75) is 6.92 Å². The minimum atomic E-state index is 0.512. The lowest BCUT2D eigenvalue weighted by atomic mass is 10.2. The molecule has 0 amide bonds. The molecule has 0 spiro atoms. The molecular weight excluding hydrogens is 316 g/mol. The number of rotatable bonds is 2. The van der Waals surface area contributed by atoms with E-state index >= 15 is 0 Å². The van der Waals surface area contributed by atoms with Crippen molar-refractivity contribution in [1.29, 1.82) is 0 Å². The van der Waals surface area contributed by atoms with Gasteiger partial charge in [-0.1, -0.05) is 15.9 Å². The van der Waals surface area contributed by atoms with Gasteiger partial charge in [-0.2, -0.15) is 0 Å². The maximum Gasteiger partial charge on any atom is 0.123 e. The molecule has 2 heterocycles. The third kappa shape index (κ3) is 2.44. The molecule has 3 rings (SSSR count). The standard InChI is InChI=1S/C15H13BrN4/c1-10-4-12(16)6-13(5-10)20-9-18-8-14(20)11-2-3-15(17)19-7-11/h2-9H,1H3,(H2,17,19). The molecule has 0 aliphatic carbocycles. The van der Waals surface area contributed by atoms with Gasteiger partial charge in [0.15, 0.2) is 0 Å². The third-order valence-electron chi connectivity index (χ3n) is 3.03. The molecule has 0 bridgehead atoms. The van der Waals surface area contributed by atoms with Gasteiger partial charge in [0.25, 0.3) is 0 Å². The van der Waals surface area contributed by atoms with E-state index in [1.54, 1.807) is 18.6 Å². The average molecular weight is 329 g/mol. The molecule has 0 radical (unpaired) electrons. The Morgan fingerprint density at radius 1 is 1.15 bits per heavy atom. The van der Waals surface area contributed by atoms with Crippen molar-refractivity contribution in [3.05, 3.63) is 59.1 Å². The second kappa shape index (κ2) is 5.09. The molecule has 2 aromatic heterocycles. The Hall–Kier alpha value is -2.14. The number of pyridine rings is 1. The first-order valence-corrected chi connectivity index (χ1v) is 6.94. The van der Waals surface area contributed by atoms with Gasteiger partial charge in [-0.15, -0.1) is 0 Å². The van der Waals surface area contributed by atoms with E-state index in [4.69, 9.17) is 5.73 Å². The Bertz CT molecular complexity index is 727. The van der Waals surface area contributed by atoms with E-state index in [9.17, 15) is 0 Å². The number of nitrogens with two attached hydrogens (primary N) is 1. The van der Waals surface area contributed by atoms with E-state index in [2.05, 4.69) is 51.0 Å². The van der Waals surface area contributed by atoms with E-state index in [0.717, 1.165) is 21.4 Å². The zero-order valence-corrected chi connectivity index (χ0v) is 12.5. The van der Waals surface area contributed by atoms with Crippen LogP contribution in [0.15, 0.2) is 53.5 Å². The number of aryl methyl sites for hydroxylation is 1. The SMILES string of the molecule is Cc1cc(Br)cc(-n2cncc2-c2ccc(N)nc2)c1. The van der Waals surface area contributed by atoms with Crippen molar-refractivity contribution in [1.82, 2.24) is 14.5 Å². The third-order valence-corrected chi connectivity index (χ3v) is 3.48. The van der Waals surface area contributed by atoms with Gasteiger partial charge in [-0.25, -0.2) is 9.97 Å². The first-order chi connectivity index (χ1) is 9.63. The van der Waals surface area contributed by atoms with Crippen LogP contribution in [0.2, 0.25) is 0 Å². The van der Waals surface area contributed by atoms with Crippen LogP contribution in [0, 0.1) is 6.92 Å². The lowest BCUT2D eigenvalue weighted by Crippen LogP contribution is -1.97. The predicted molar refractivity (Wildman–Crippen MR) is 83.6 cm³/mol. The van der Waals surface area contributed by atoms with Crippen molar-refractivity contribution >= 4 is 21.7 Å². The monoisotopic (exact) mass is 328 g/mol. The number of imidazole rings is 1. The Balaban J connectivity index is 2.12. The molecule has 0 fully saturated rings. The highest BCUT2D eigenvalue weighted by molar-refractivity contribution is 9.10. The van der Waals surface area contributed by atoms with Gasteiger partial charge in [-0.3, -0.25) is 4.57 Å². The summed E-state index contributed by atoms with van der Waals surface area (Å²) >= 11 is 3.53. The van der Waals surface area contributed by atoms with E-state index in [0.29, 0.717) is 5.82 Å². The van der Waals surface area contributed by atoms with Gasteiger partial charge in [0.2, 0.25) is 0 Å². The number of hydrogen-bond acceptors (Lipinski definition) is 3. The number of halogens is 1. The maximum absolute atomic E-state index is 5.63. The molecule has 0 saturated carbocycles. The molecular formula is C15H13BrN4. The lowest BCUT2D eigenvalue weighted by molar-refractivity contribution is 1.05. The Labute approximate surface area is 125 Å². The summed E-state index contributed by atoms with van der Waals surface area (Å²) in [5, 5.41) is 0. The highest BCUT2D eigenvalue weighted by Gasteiger charge is 2.08. The van der Waals surface area contributed by atoms with Gasteiger partial charge >= 0.3 is 0 Å². The van der Waals surface area contributed by atoms with Crippen LogP contribution in [0.4, 0.5) is 5.82 Å². The molecule has 2 N–H and O–H groups in total. The van der Waals surface area contributed by atoms with Crippen LogP contribution >= 0.6 is 15.9 Å². The summed E-state index contributed by atoms with van der Waals surface area (Å²) in [5.74, 6) is 0.512. The van der Waals surface area contributed by atoms with Crippen LogP contribution in [0.5, 0.6) is 0 Å². The van der Waals surface area contributed by atoms with Crippen LogP contribution in [-0.2, 0) is 0 Å². The molecule has 1 aromatic carbocycles. The van der Waals surface area contributed by atoms with Crippen molar-refractivity contribution in [3.8, 4) is 16.9 Å². The van der Waals surface area contributed by atoms with Gasteiger partial charge in [-0.05, 0) is 42.8 Å². The number of aromatic nitrogens is 3. The molecule has 0 aliphatic rings. The predicted octanol–water partition coefficient (Wildman–Crippen LogP) is 3.59. The number of nitrogens with zero attached hydrogens (tertiary/aromatic N) is 3. The minimum absolute atomic E-state index is 0.512. The fourth-order valence-corrected chi connectivity index (χ4v) is 2.72. The molecule has 0 aliphatic heterocycles. The smallest absolute Gasteiger partial charge is 0.123 e. The van der Waals surface area contributed by atoms with Crippen LogP contribution in [-0.4, -0.2) is 14.5 Å². The largest absolute Gasteiger partial charge is 0.384 e. The molecule has 0 unspecified atom stereocenters. The summed E-state index contributed by atoms with van der Waals surface area (Å²) in [7, 11) is 0. The molecule has 0 saturated heterocycles. The summed E-state index contributed by atoms with van der Waals surface area (Å²) < 4.78 is 3.08. The van der Waals surface area contributed by atoms with E-state index in [-0.39, 0.29) is 0 Å². The number of hydrogen-bond donors (Lipinski definition) is 1. The molecule has 3 aromatic rings. The minimum Gasteiger partial charge on any atom is -0.384 e. The topological polar surface area (TPSA) is 56.7 Å². The zero-order chi connectivity index (χ0) is 14.1. The van der Waals surface area contributed by atoms with Crippen molar-refractivity contribution in [2.75, 3.05) is 5.73 Å². The van der Waals surface area contributed by atoms with Crippen LogP contribution in [0.25, 0.3) is 16.9 Å². The fraction of sp³-hybridized carbons (Fsp3) is 0.0667. The molecule has 4 nitrogen and oxygen atoms in total. The average Bonchev–Trinajstić information content (AvgIpc) is 2.87. The number of anilines is 1. The zero-order valence-electron chi connectivity index (χ0n) is 10.9. The number of benzene rings is 1. The normalized spacial score (nSPS) is 10.7. The van der Waals surface area contributed by atoms with E-state index in [1.807, 2.05) is 16.8 Å². The van der Waals surface area contributed by atoms with Crippen LogP contribution in [0.3, 0.4) is 0 Å². The summed E-state index contributed by atoms with van der Waals surface area (Å²) in [4.78, 5) is 8.38. The van der Waals surface area contributed by atoms with E-state index in [1.165, 1.54) is 5.56 Å². The van der Waals surface area contributed by atoms with Gasteiger partial charge < -0.3 is 5.73 Å². The van der Waals surface area contributed by atoms with Gasteiger partial charge in [0, 0.05) is 21.9 Å². The van der Waals surface area contributed by atoms with E-state index < -0.39 is 0 Å². The first-order valence-electron chi connectivity index (χ1n) is 6.15. The molecule has 0 atom stereocenters. The summed E-state index contributed by atoms with van der Waals surface area (Å²) in [6.07, 6.45) is 5.38. The summed E-state index contributed by atoms with van der Waals surface area (Å²) in [6, 6.07) is 9.98. The lowest BCUT2D eigenvalue weighted by Gasteiger charge is -2.10. The van der Waals surface area contributed by atoms with Crippen LogP contribution in [0.1, 0.15) is 5.56 Å². The fourth-order valence-electron chi connectivity index (χ4n) is 2.13. The maximum atomic E-state index is 5.63. The second-order valence-corrected chi connectivity index (χ2v) is 5.52. The molecule has 100 valence electrons. The Morgan fingerprint density at radius 3 is 2.70 bits per heavy atom. The summed E-state index contributed by atoms with van der Waals surface area (Å²) in [6.45, 7) is 2.07. The first kappa shape index (κ1) is 12.9. The Kier molecular flexibility index (Phi) is 3.28. The van der Waals surface area contributed by atoms with Crippen molar-refractivity contribution < 1.29 is 0 Å². The van der Waals surface area contributed by atoms with Gasteiger partial charge in [0.05, 0.1) is 18.2 Å². The highest BCUT2D eigenvalue weighted by Crippen LogP contribution is 2.25. The van der Waals surface area contributed by atoms with Gasteiger partial charge in [0.1, 0.15) is 5.82 Å².